The lowest BCUT2D eigenvalue weighted by molar-refractivity contribution is 0.424. The molecule has 0 radical (unpaired) electrons. The van der Waals surface area contributed by atoms with Gasteiger partial charge in [0.25, 0.3) is 0 Å². The fourth-order valence-corrected chi connectivity index (χ4v) is 3.03. The monoisotopic (exact) mass is 367 g/mol. The number of thiazole rings is 1. The Hall–Kier alpha value is -0.910. The Morgan fingerprint density at radius 3 is 2.71 bits per heavy atom. The smallest absolute Gasteiger partial charge is 0.0795 e. The van der Waals surface area contributed by atoms with Gasteiger partial charge in [-0.1, -0.05) is 15.9 Å². The zero-order chi connectivity index (χ0) is 15.5. The van der Waals surface area contributed by atoms with E-state index in [0.29, 0.717) is 0 Å². The van der Waals surface area contributed by atoms with Gasteiger partial charge in [0.1, 0.15) is 0 Å². The lowest BCUT2D eigenvalue weighted by atomic mass is 10.1. The first-order chi connectivity index (χ1) is 9.85. The van der Waals surface area contributed by atoms with Crippen LogP contribution in [0.4, 0.5) is 5.69 Å². The first kappa shape index (κ1) is 16.5. The Morgan fingerprint density at radius 2 is 2.10 bits per heavy atom. The zero-order valence-corrected chi connectivity index (χ0v) is 15.4. The van der Waals surface area contributed by atoms with Gasteiger partial charge in [0.2, 0.25) is 0 Å². The molecule has 0 aliphatic rings. The summed E-state index contributed by atoms with van der Waals surface area (Å²) >= 11 is 5.21. The average Bonchev–Trinajstić information content (AvgIpc) is 2.88. The van der Waals surface area contributed by atoms with E-state index in [1.54, 1.807) is 11.3 Å². The molecule has 0 aliphatic carbocycles. The number of hydrogen-bond donors (Lipinski definition) is 1. The summed E-state index contributed by atoms with van der Waals surface area (Å²) in [5.41, 5.74) is 5.63. The minimum Gasteiger partial charge on any atom is -0.368 e. The van der Waals surface area contributed by atoms with Gasteiger partial charge in [-0.15, -0.1) is 11.3 Å². The van der Waals surface area contributed by atoms with Crippen LogP contribution in [0.1, 0.15) is 32.0 Å². The minimum absolute atomic E-state index is 0.104. The van der Waals surface area contributed by atoms with Crippen molar-refractivity contribution in [3.63, 3.8) is 0 Å². The fraction of sp³-hybridized carbons (Fsp3) is 0.438. The van der Waals surface area contributed by atoms with Crippen molar-refractivity contribution in [2.45, 2.75) is 39.4 Å². The van der Waals surface area contributed by atoms with E-state index in [0.717, 1.165) is 23.3 Å². The predicted octanol–water partition coefficient (Wildman–Crippen LogP) is 4.43. The second-order valence-corrected chi connectivity index (χ2v) is 7.85. The largest absolute Gasteiger partial charge is 0.368 e. The van der Waals surface area contributed by atoms with E-state index in [-0.39, 0.29) is 5.54 Å². The molecular formula is C16H22BrN3S. The van der Waals surface area contributed by atoms with E-state index in [1.165, 1.54) is 11.3 Å². The standard InChI is InChI=1S/C16H22BrN3S/c1-16(2,3)19-8-12-7-13(17)5-6-15(12)20(4)9-14-10-21-11-18-14/h5-7,10-11,19H,8-9H2,1-4H3. The maximum absolute atomic E-state index is 4.37. The maximum atomic E-state index is 4.37. The maximum Gasteiger partial charge on any atom is 0.0795 e. The quantitative estimate of drug-likeness (QED) is 0.846. The first-order valence-electron chi connectivity index (χ1n) is 6.97. The van der Waals surface area contributed by atoms with E-state index in [9.17, 15) is 0 Å². The highest BCUT2D eigenvalue weighted by molar-refractivity contribution is 9.10. The van der Waals surface area contributed by atoms with Gasteiger partial charge in [-0.3, -0.25) is 0 Å². The summed E-state index contributed by atoms with van der Waals surface area (Å²) < 4.78 is 1.11. The second-order valence-electron chi connectivity index (χ2n) is 6.21. The SMILES string of the molecule is CN(Cc1cscn1)c1ccc(Br)cc1CNC(C)(C)C. The van der Waals surface area contributed by atoms with E-state index >= 15 is 0 Å². The van der Waals surface area contributed by atoms with Crippen LogP contribution in [0.25, 0.3) is 0 Å². The van der Waals surface area contributed by atoms with Crippen molar-refractivity contribution in [2.75, 3.05) is 11.9 Å². The summed E-state index contributed by atoms with van der Waals surface area (Å²) in [6.45, 7) is 8.23. The third kappa shape index (κ3) is 5.09. The van der Waals surface area contributed by atoms with Gasteiger partial charge in [0.15, 0.2) is 0 Å². The lowest BCUT2D eigenvalue weighted by Gasteiger charge is -2.25. The molecule has 5 heteroatoms. The van der Waals surface area contributed by atoms with Gasteiger partial charge in [0.05, 0.1) is 17.7 Å². The molecule has 3 nitrogen and oxygen atoms in total. The summed E-state index contributed by atoms with van der Waals surface area (Å²) in [6, 6.07) is 6.44. The molecule has 0 aliphatic heterocycles. The molecule has 2 aromatic rings. The number of nitrogens with zero attached hydrogens (tertiary/aromatic N) is 2. The number of benzene rings is 1. The second kappa shape index (κ2) is 6.90. The number of nitrogens with one attached hydrogen (secondary N) is 1. The third-order valence-electron chi connectivity index (χ3n) is 3.14. The Morgan fingerprint density at radius 1 is 1.33 bits per heavy atom. The third-order valence-corrected chi connectivity index (χ3v) is 4.27. The molecule has 0 amide bonds. The highest BCUT2D eigenvalue weighted by atomic mass is 79.9. The van der Waals surface area contributed by atoms with Crippen LogP contribution in [0.15, 0.2) is 33.6 Å². The topological polar surface area (TPSA) is 28.2 Å². The molecule has 0 fully saturated rings. The summed E-state index contributed by atoms with van der Waals surface area (Å²) in [5, 5.41) is 5.66. The van der Waals surface area contributed by atoms with Crippen LogP contribution in [0.2, 0.25) is 0 Å². The van der Waals surface area contributed by atoms with Crippen LogP contribution < -0.4 is 10.2 Å². The Balaban J connectivity index is 2.17. The lowest BCUT2D eigenvalue weighted by Crippen LogP contribution is -2.35. The molecule has 0 unspecified atom stereocenters. The Bertz CT molecular complexity index is 576. The molecule has 0 atom stereocenters. The van der Waals surface area contributed by atoms with Crippen LogP contribution in [-0.4, -0.2) is 17.6 Å². The van der Waals surface area contributed by atoms with Gasteiger partial charge in [0, 0.05) is 34.7 Å². The van der Waals surface area contributed by atoms with Crippen LogP contribution in [0, 0.1) is 0 Å². The molecule has 2 rings (SSSR count). The molecule has 21 heavy (non-hydrogen) atoms. The normalized spacial score (nSPS) is 11.7. The number of anilines is 1. The number of hydrogen-bond acceptors (Lipinski definition) is 4. The highest BCUT2D eigenvalue weighted by Gasteiger charge is 2.13. The molecule has 1 heterocycles. The highest BCUT2D eigenvalue weighted by Crippen LogP contribution is 2.25. The molecule has 114 valence electrons. The Kier molecular flexibility index (Phi) is 5.41. The van der Waals surface area contributed by atoms with Crippen LogP contribution >= 0.6 is 27.3 Å². The molecule has 1 N–H and O–H groups in total. The van der Waals surface area contributed by atoms with Gasteiger partial charge in [-0.2, -0.15) is 0 Å². The fourth-order valence-electron chi connectivity index (χ4n) is 2.07. The van der Waals surface area contributed by atoms with Crippen molar-refractivity contribution in [3.8, 4) is 0 Å². The van der Waals surface area contributed by atoms with E-state index in [1.807, 2.05) is 5.51 Å². The Labute approximate surface area is 139 Å². The van der Waals surface area contributed by atoms with Gasteiger partial charge in [-0.05, 0) is 44.5 Å². The zero-order valence-electron chi connectivity index (χ0n) is 13.0. The van der Waals surface area contributed by atoms with E-state index < -0.39 is 0 Å². The van der Waals surface area contributed by atoms with Crippen molar-refractivity contribution < 1.29 is 0 Å². The van der Waals surface area contributed by atoms with Crippen molar-refractivity contribution >= 4 is 33.0 Å². The van der Waals surface area contributed by atoms with Crippen molar-refractivity contribution in [3.05, 3.63) is 44.8 Å². The molecule has 1 aromatic carbocycles. The van der Waals surface area contributed by atoms with Crippen molar-refractivity contribution in [1.29, 1.82) is 0 Å². The molecule has 1 aromatic heterocycles. The predicted molar refractivity (Wildman–Crippen MR) is 95.0 cm³/mol. The molecule has 0 bridgehead atoms. The van der Waals surface area contributed by atoms with E-state index in [2.05, 4.69) is 82.5 Å². The molecule has 0 saturated heterocycles. The number of halogens is 1. The van der Waals surface area contributed by atoms with Crippen molar-refractivity contribution in [1.82, 2.24) is 10.3 Å². The number of aromatic nitrogens is 1. The molecule has 0 saturated carbocycles. The summed E-state index contributed by atoms with van der Waals surface area (Å²) in [6.07, 6.45) is 0. The van der Waals surface area contributed by atoms with Gasteiger partial charge in [-0.25, -0.2) is 4.98 Å². The summed E-state index contributed by atoms with van der Waals surface area (Å²) in [7, 11) is 2.11. The van der Waals surface area contributed by atoms with Gasteiger partial charge >= 0.3 is 0 Å². The summed E-state index contributed by atoms with van der Waals surface area (Å²) in [4.78, 5) is 6.62. The van der Waals surface area contributed by atoms with Gasteiger partial charge < -0.3 is 10.2 Å². The van der Waals surface area contributed by atoms with Crippen molar-refractivity contribution in [2.24, 2.45) is 0 Å². The molecule has 0 spiro atoms. The van der Waals surface area contributed by atoms with Crippen LogP contribution in [0.3, 0.4) is 0 Å². The summed E-state index contributed by atoms with van der Waals surface area (Å²) in [5.74, 6) is 0. The minimum atomic E-state index is 0.104. The average molecular weight is 368 g/mol. The van der Waals surface area contributed by atoms with Crippen LogP contribution in [0.5, 0.6) is 0 Å². The van der Waals surface area contributed by atoms with E-state index in [4.69, 9.17) is 0 Å². The molecular weight excluding hydrogens is 346 g/mol. The number of rotatable bonds is 5. The first-order valence-corrected chi connectivity index (χ1v) is 8.70. The van der Waals surface area contributed by atoms with Crippen LogP contribution in [-0.2, 0) is 13.1 Å².